The number of sulfonamides is 1. The quantitative estimate of drug-likeness (QED) is 0.570. The van der Waals surface area contributed by atoms with Gasteiger partial charge in [0.05, 0.1) is 11.4 Å². The molecule has 0 aliphatic heterocycles. The highest BCUT2D eigenvalue weighted by Gasteiger charge is 2.22. The molecule has 0 fully saturated rings. The second-order valence-corrected chi connectivity index (χ2v) is 8.76. The number of amides is 1. The molecule has 1 amide bonds. The van der Waals surface area contributed by atoms with Crippen LogP contribution in [0.25, 0.3) is 0 Å². The normalized spacial score (nSPS) is 11.6. The van der Waals surface area contributed by atoms with Crippen LogP contribution in [-0.2, 0) is 23.1 Å². The molecule has 0 radical (unpaired) electrons. The number of carbonyl (C=O) groups is 1. The third-order valence-electron chi connectivity index (χ3n) is 4.79. The molecule has 0 saturated heterocycles. The van der Waals surface area contributed by atoms with Crippen LogP contribution >= 0.6 is 0 Å². The molecule has 0 aliphatic carbocycles. The van der Waals surface area contributed by atoms with Crippen LogP contribution in [0.5, 0.6) is 0 Å². The van der Waals surface area contributed by atoms with Crippen molar-refractivity contribution in [3.63, 3.8) is 0 Å². The average molecular weight is 427 g/mol. The van der Waals surface area contributed by atoms with Gasteiger partial charge in [-0.25, -0.2) is 8.42 Å². The van der Waals surface area contributed by atoms with E-state index in [9.17, 15) is 13.2 Å². The van der Waals surface area contributed by atoms with Gasteiger partial charge in [0.25, 0.3) is 5.91 Å². The van der Waals surface area contributed by atoms with E-state index in [1.807, 2.05) is 41.2 Å². The summed E-state index contributed by atoms with van der Waals surface area (Å²) in [7, 11) is -3.61. The van der Waals surface area contributed by atoms with Gasteiger partial charge in [0, 0.05) is 37.6 Å². The lowest BCUT2D eigenvalue weighted by Crippen LogP contribution is -2.31. The van der Waals surface area contributed by atoms with Gasteiger partial charge in [0.2, 0.25) is 10.0 Å². The van der Waals surface area contributed by atoms with Gasteiger partial charge in [-0.05, 0) is 35.4 Å². The minimum absolute atomic E-state index is 0.125. The molecule has 3 aromatic rings. The van der Waals surface area contributed by atoms with Gasteiger partial charge in [0.1, 0.15) is 0 Å². The number of carbonyl (C=O) groups excluding carboxylic acids is 1. The van der Waals surface area contributed by atoms with E-state index in [-0.39, 0.29) is 10.8 Å². The maximum atomic E-state index is 12.7. The summed E-state index contributed by atoms with van der Waals surface area (Å²) in [6.45, 7) is 5.34. The highest BCUT2D eigenvalue weighted by Crippen LogP contribution is 2.17. The zero-order valence-corrected chi connectivity index (χ0v) is 18.0. The Kier molecular flexibility index (Phi) is 7.02. The van der Waals surface area contributed by atoms with Gasteiger partial charge >= 0.3 is 0 Å². The second kappa shape index (κ2) is 9.69. The number of benzene rings is 2. The fourth-order valence-corrected chi connectivity index (χ4v) is 4.72. The van der Waals surface area contributed by atoms with Crippen molar-refractivity contribution in [1.29, 1.82) is 0 Å². The van der Waals surface area contributed by atoms with E-state index in [0.29, 0.717) is 31.7 Å². The topological polar surface area (TPSA) is 84.3 Å². The maximum Gasteiger partial charge on any atom is 0.251 e. The molecule has 30 heavy (non-hydrogen) atoms. The highest BCUT2D eigenvalue weighted by atomic mass is 32.2. The van der Waals surface area contributed by atoms with Crippen LogP contribution in [0.2, 0.25) is 0 Å². The SMILES string of the molecule is CCN(CC)S(=O)(=O)c1cccc(C(=O)NCc2cccc(Cn3cccn3)c2)c1. The van der Waals surface area contributed by atoms with E-state index < -0.39 is 10.0 Å². The first kappa shape index (κ1) is 21.7. The van der Waals surface area contributed by atoms with Crippen molar-refractivity contribution < 1.29 is 13.2 Å². The van der Waals surface area contributed by atoms with Gasteiger partial charge in [-0.1, -0.05) is 44.2 Å². The van der Waals surface area contributed by atoms with Gasteiger partial charge in [0.15, 0.2) is 0 Å². The van der Waals surface area contributed by atoms with E-state index in [1.165, 1.54) is 16.4 Å². The van der Waals surface area contributed by atoms with E-state index in [4.69, 9.17) is 0 Å². The van der Waals surface area contributed by atoms with Gasteiger partial charge in [-0.15, -0.1) is 0 Å². The molecule has 1 N–H and O–H groups in total. The molecule has 7 nitrogen and oxygen atoms in total. The summed E-state index contributed by atoms with van der Waals surface area (Å²) in [6, 6.07) is 15.9. The molecule has 1 heterocycles. The predicted molar refractivity (Wildman–Crippen MR) is 115 cm³/mol. The Balaban J connectivity index is 1.68. The smallest absolute Gasteiger partial charge is 0.251 e. The van der Waals surface area contributed by atoms with E-state index in [0.717, 1.165) is 11.1 Å². The van der Waals surface area contributed by atoms with Crippen molar-refractivity contribution in [1.82, 2.24) is 19.4 Å². The zero-order chi connectivity index (χ0) is 21.6. The van der Waals surface area contributed by atoms with E-state index in [1.54, 1.807) is 32.2 Å². The van der Waals surface area contributed by atoms with Crippen LogP contribution in [0.15, 0.2) is 71.9 Å². The average Bonchev–Trinajstić information content (AvgIpc) is 3.26. The summed E-state index contributed by atoms with van der Waals surface area (Å²) in [5, 5.41) is 7.07. The van der Waals surface area contributed by atoms with Crippen LogP contribution in [-0.4, -0.2) is 41.5 Å². The van der Waals surface area contributed by atoms with Crippen molar-refractivity contribution in [3.05, 3.63) is 83.7 Å². The molecule has 0 bridgehead atoms. The van der Waals surface area contributed by atoms with Crippen LogP contribution in [0, 0.1) is 0 Å². The number of nitrogens with zero attached hydrogens (tertiary/aromatic N) is 3. The van der Waals surface area contributed by atoms with Gasteiger partial charge in [-0.2, -0.15) is 9.40 Å². The minimum Gasteiger partial charge on any atom is -0.348 e. The van der Waals surface area contributed by atoms with Crippen molar-refractivity contribution in [2.45, 2.75) is 31.8 Å². The molecule has 1 aromatic heterocycles. The van der Waals surface area contributed by atoms with Crippen molar-refractivity contribution in [3.8, 4) is 0 Å². The van der Waals surface area contributed by atoms with Crippen molar-refractivity contribution >= 4 is 15.9 Å². The standard InChI is InChI=1S/C22H26N4O3S/c1-3-26(4-2)30(28,29)21-11-6-10-20(15-21)22(27)23-16-18-8-5-9-19(14-18)17-25-13-7-12-24-25/h5-15H,3-4,16-17H2,1-2H3,(H,23,27). The largest absolute Gasteiger partial charge is 0.348 e. The lowest BCUT2D eigenvalue weighted by molar-refractivity contribution is 0.0950. The molecule has 0 unspecified atom stereocenters. The summed E-state index contributed by atoms with van der Waals surface area (Å²) in [6.07, 6.45) is 3.63. The third kappa shape index (κ3) is 5.14. The van der Waals surface area contributed by atoms with Crippen LogP contribution in [0.4, 0.5) is 0 Å². The van der Waals surface area contributed by atoms with Gasteiger partial charge in [-0.3, -0.25) is 9.48 Å². The fraction of sp³-hybridized carbons (Fsp3) is 0.273. The van der Waals surface area contributed by atoms with Crippen molar-refractivity contribution in [2.24, 2.45) is 0 Å². The van der Waals surface area contributed by atoms with Crippen molar-refractivity contribution in [2.75, 3.05) is 13.1 Å². The Hall–Kier alpha value is -2.97. The first-order valence-corrected chi connectivity index (χ1v) is 11.3. The molecular weight excluding hydrogens is 400 g/mol. The summed E-state index contributed by atoms with van der Waals surface area (Å²) < 4.78 is 28.6. The fourth-order valence-electron chi connectivity index (χ4n) is 3.21. The Morgan fingerprint density at radius 2 is 1.77 bits per heavy atom. The summed E-state index contributed by atoms with van der Waals surface area (Å²) >= 11 is 0. The lowest BCUT2D eigenvalue weighted by Gasteiger charge is -2.18. The molecule has 158 valence electrons. The molecule has 0 saturated carbocycles. The lowest BCUT2D eigenvalue weighted by atomic mass is 10.1. The van der Waals surface area contributed by atoms with Crippen LogP contribution < -0.4 is 5.32 Å². The first-order valence-electron chi connectivity index (χ1n) is 9.87. The third-order valence-corrected chi connectivity index (χ3v) is 6.83. The summed E-state index contributed by atoms with van der Waals surface area (Å²) in [5.41, 5.74) is 2.36. The molecule has 0 aliphatic rings. The number of hydrogen-bond donors (Lipinski definition) is 1. The van der Waals surface area contributed by atoms with Crippen LogP contribution in [0.1, 0.15) is 35.3 Å². The number of rotatable bonds is 9. The Bertz CT molecular complexity index is 1090. The molecular formula is C22H26N4O3S. The molecule has 8 heteroatoms. The second-order valence-electron chi connectivity index (χ2n) is 6.82. The zero-order valence-electron chi connectivity index (χ0n) is 17.2. The Morgan fingerprint density at radius 3 is 2.47 bits per heavy atom. The minimum atomic E-state index is -3.61. The van der Waals surface area contributed by atoms with E-state index in [2.05, 4.69) is 10.4 Å². The molecule has 3 rings (SSSR count). The monoisotopic (exact) mass is 426 g/mol. The number of nitrogens with one attached hydrogen (secondary N) is 1. The summed E-state index contributed by atoms with van der Waals surface area (Å²) in [5.74, 6) is -0.316. The van der Waals surface area contributed by atoms with Gasteiger partial charge < -0.3 is 5.32 Å². The predicted octanol–water partition coefficient (Wildman–Crippen LogP) is 2.89. The highest BCUT2D eigenvalue weighted by molar-refractivity contribution is 7.89. The Labute approximate surface area is 177 Å². The summed E-state index contributed by atoms with van der Waals surface area (Å²) in [4.78, 5) is 12.7. The Morgan fingerprint density at radius 1 is 1.03 bits per heavy atom. The molecule has 2 aromatic carbocycles. The number of aromatic nitrogens is 2. The molecule has 0 spiro atoms. The maximum absolute atomic E-state index is 12.7. The molecule has 0 atom stereocenters. The van der Waals surface area contributed by atoms with Crippen LogP contribution in [0.3, 0.4) is 0 Å². The number of hydrogen-bond acceptors (Lipinski definition) is 4. The first-order chi connectivity index (χ1) is 14.4. The van der Waals surface area contributed by atoms with E-state index >= 15 is 0 Å².